The zero-order valence-electron chi connectivity index (χ0n) is 9.44. The van der Waals surface area contributed by atoms with Crippen LogP contribution in [0.2, 0.25) is 0 Å². The molecule has 0 bridgehead atoms. The largest absolute Gasteiger partial charge is 0.383 e. The Labute approximate surface area is 90.1 Å². The molecule has 2 N–H and O–H groups in total. The summed E-state index contributed by atoms with van der Waals surface area (Å²) in [4.78, 5) is 15.0. The van der Waals surface area contributed by atoms with Crippen molar-refractivity contribution in [2.45, 2.75) is 39.7 Å². The van der Waals surface area contributed by atoms with E-state index in [1.165, 1.54) is 6.42 Å². The summed E-state index contributed by atoms with van der Waals surface area (Å²) in [5.41, 5.74) is 5.15. The van der Waals surface area contributed by atoms with Crippen molar-refractivity contribution in [2.24, 2.45) is 5.92 Å². The SMILES string of the molecule is CCC(C)CCCn1ccc(N)nc1=O. The van der Waals surface area contributed by atoms with Crippen molar-refractivity contribution in [3.05, 3.63) is 22.7 Å². The van der Waals surface area contributed by atoms with Gasteiger partial charge in [-0.2, -0.15) is 4.98 Å². The zero-order chi connectivity index (χ0) is 11.3. The van der Waals surface area contributed by atoms with Gasteiger partial charge in [-0.3, -0.25) is 4.57 Å². The van der Waals surface area contributed by atoms with Gasteiger partial charge in [0.1, 0.15) is 5.82 Å². The quantitative estimate of drug-likeness (QED) is 0.802. The second kappa shape index (κ2) is 5.53. The van der Waals surface area contributed by atoms with Gasteiger partial charge in [-0.1, -0.05) is 20.3 Å². The molecule has 0 saturated carbocycles. The first kappa shape index (κ1) is 11.8. The van der Waals surface area contributed by atoms with Crippen LogP contribution in [0.5, 0.6) is 0 Å². The van der Waals surface area contributed by atoms with E-state index in [1.54, 1.807) is 16.8 Å². The molecule has 84 valence electrons. The third kappa shape index (κ3) is 3.73. The molecule has 1 heterocycles. The average Bonchev–Trinajstić information content (AvgIpc) is 2.21. The fourth-order valence-electron chi connectivity index (χ4n) is 1.43. The number of rotatable bonds is 5. The van der Waals surface area contributed by atoms with Gasteiger partial charge in [0.2, 0.25) is 0 Å². The number of nitrogens with two attached hydrogens (primary N) is 1. The van der Waals surface area contributed by atoms with Crippen molar-refractivity contribution in [1.29, 1.82) is 0 Å². The Morgan fingerprint density at radius 1 is 1.60 bits per heavy atom. The maximum Gasteiger partial charge on any atom is 0.349 e. The minimum Gasteiger partial charge on any atom is -0.383 e. The lowest BCUT2D eigenvalue weighted by molar-refractivity contribution is 0.462. The standard InChI is InChI=1S/C11H19N3O/c1-3-9(2)5-4-7-14-8-6-10(12)13-11(14)15/h6,8-9H,3-5,7H2,1-2H3,(H2,12,13,15). The van der Waals surface area contributed by atoms with E-state index < -0.39 is 0 Å². The molecule has 0 fully saturated rings. The van der Waals surface area contributed by atoms with E-state index in [1.807, 2.05) is 0 Å². The normalized spacial score (nSPS) is 12.7. The number of nitrogens with zero attached hydrogens (tertiary/aromatic N) is 2. The smallest absolute Gasteiger partial charge is 0.349 e. The fourth-order valence-corrected chi connectivity index (χ4v) is 1.43. The molecule has 15 heavy (non-hydrogen) atoms. The number of hydrogen-bond donors (Lipinski definition) is 1. The highest BCUT2D eigenvalue weighted by atomic mass is 16.1. The Kier molecular flexibility index (Phi) is 4.34. The lowest BCUT2D eigenvalue weighted by Crippen LogP contribution is -2.23. The first-order valence-electron chi connectivity index (χ1n) is 5.46. The van der Waals surface area contributed by atoms with Gasteiger partial charge in [0, 0.05) is 12.7 Å². The van der Waals surface area contributed by atoms with Gasteiger partial charge in [-0.15, -0.1) is 0 Å². The summed E-state index contributed by atoms with van der Waals surface area (Å²) in [6.07, 6.45) is 5.06. The minimum atomic E-state index is -0.251. The number of aromatic nitrogens is 2. The van der Waals surface area contributed by atoms with Crippen molar-refractivity contribution in [3.63, 3.8) is 0 Å². The van der Waals surface area contributed by atoms with E-state index in [0.29, 0.717) is 0 Å². The number of aryl methyl sites for hydroxylation is 1. The predicted molar refractivity (Wildman–Crippen MR) is 61.6 cm³/mol. The fraction of sp³-hybridized carbons (Fsp3) is 0.636. The molecule has 1 atom stereocenters. The Balaban J connectivity index is 2.48. The molecule has 1 unspecified atom stereocenters. The molecule has 1 aromatic rings. The lowest BCUT2D eigenvalue weighted by Gasteiger charge is -2.08. The van der Waals surface area contributed by atoms with E-state index >= 15 is 0 Å². The van der Waals surface area contributed by atoms with Gasteiger partial charge >= 0.3 is 5.69 Å². The maximum atomic E-state index is 11.4. The highest BCUT2D eigenvalue weighted by molar-refractivity contribution is 5.23. The molecule has 0 spiro atoms. The Hall–Kier alpha value is -1.32. The van der Waals surface area contributed by atoms with Crippen LogP contribution in [0.25, 0.3) is 0 Å². The summed E-state index contributed by atoms with van der Waals surface area (Å²) in [5.74, 6) is 1.01. The van der Waals surface area contributed by atoms with Gasteiger partial charge in [-0.25, -0.2) is 4.79 Å². The number of nitrogen functional groups attached to an aromatic ring is 1. The highest BCUT2D eigenvalue weighted by Gasteiger charge is 2.00. The Morgan fingerprint density at radius 3 is 2.93 bits per heavy atom. The van der Waals surface area contributed by atoms with Crippen LogP contribution in [0.15, 0.2) is 17.1 Å². The third-order valence-electron chi connectivity index (χ3n) is 2.69. The van der Waals surface area contributed by atoms with Crippen LogP contribution in [0, 0.1) is 5.92 Å². The summed E-state index contributed by atoms with van der Waals surface area (Å²) >= 11 is 0. The van der Waals surface area contributed by atoms with Crippen molar-refractivity contribution >= 4 is 5.82 Å². The number of anilines is 1. The van der Waals surface area contributed by atoms with Gasteiger partial charge in [0.25, 0.3) is 0 Å². The van der Waals surface area contributed by atoms with Crippen LogP contribution in [-0.2, 0) is 6.54 Å². The molecule has 4 nitrogen and oxygen atoms in total. The lowest BCUT2D eigenvalue weighted by atomic mass is 10.0. The molecule has 0 saturated heterocycles. The molecule has 1 rings (SSSR count). The molecular weight excluding hydrogens is 190 g/mol. The summed E-state index contributed by atoms with van der Waals surface area (Å²) in [5, 5.41) is 0. The molecule has 0 aliphatic carbocycles. The summed E-state index contributed by atoms with van der Waals surface area (Å²) in [6, 6.07) is 1.66. The molecule has 0 radical (unpaired) electrons. The van der Waals surface area contributed by atoms with E-state index in [4.69, 9.17) is 5.73 Å². The van der Waals surface area contributed by atoms with Gasteiger partial charge in [0.15, 0.2) is 0 Å². The molecular formula is C11H19N3O. The van der Waals surface area contributed by atoms with Crippen molar-refractivity contribution in [1.82, 2.24) is 9.55 Å². The molecule has 1 aromatic heterocycles. The first-order chi connectivity index (χ1) is 7.13. The van der Waals surface area contributed by atoms with Crippen molar-refractivity contribution < 1.29 is 0 Å². The molecule has 0 aromatic carbocycles. The maximum absolute atomic E-state index is 11.4. The minimum absolute atomic E-state index is 0.251. The van der Waals surface area contributed by atoms with Crippen LogP contribution < -0.4 is 11.4 Å². The van der Waals surface area contributed by atoms with Gasteiger partial charge < -0.3 is 5.73 Å². The summed E-state index contributed by atoms with van der Waals surface area (Å²) < 4.78 is 1.61. The van der Waals surface area contributed by atoms with Crippen molar-refractivity contribution in [2.75, 3.05) is 5.73 Å². The predicted octanol–water partition coefficient (Wildman–Crippen LogP) is 1.65. The van der Waals surface area contributed by atoms with E-state index in [0.717, 1.165) is 25.3 Å². The molecule has 0 aliphatic heterocycles. The highest BCUT2D eigenvalue weighted by Crippen LogP contribution is 2.09. The zero-order valence-corrected chi connectivity index (χ0v) is 9.44. The third-order valence-corrected chi connectivity index (χ3v) is 2.69. The summed E-state index contributed by atoms with van der Waals surface area (Å²) in [6.45, 7) is 5.14. The average molecular weight is 209 g/mol. The van der Waals surface area contributed by atoms with Crippen LogP contribution >= 0.6 is 0 Å². The molecule has 0 aliphatic rings. The summed E-state index contributed by atoms with van der Waals surface area (Å²) in [7, 11) is 0. The van der Waals surface area contributed by atoms with Crippen LogP contribution in [0.3, 0.4) is 0 Å². The molecule has 0 amide bonds. The van der Waals surface area contributed by atoms with E-state index in [9.17, 15) is 4.79 Å². The Bertz CT molecular complexity index is 359. The van der Waals surface area contributed by atoms with Crippen LogP contribution in [-0.4, -0.2) is 9.55 Å². The Morgan fingerprint density at radius 2 is 2.33 bits per heavy atom. The monoisotopic (exact) mass is 209 g/mol. The van der Waals surface area contributed by atoms with Crippen LogP contribution in [0.1, 0.15) is 33.1 Å². The van der Waals surface area contributed by atoms with Gasteiger partial charge in [-0.05, 0) is 24.8 Å². The second-order valence-electron chi connectivity index (χ2n) is 3.98. The van der Waals surface area contributed by atoms with Crippen molar-refractivity contribution in [3.8, 4) is 0 Å². The number of hydrogen-bond acceptors (Lipinski definition) is 3. The van der Waals surface area contributed by atoms with Gasteiger partial charge in [0.05, 0.1) is 0 Å². The topological polar surface area (TPSA) is 60.9 Å². The first-order valence-corrected chi connectivity index (χ1v) is 5.46. The van der Waals surface area contributed by atoms with E-state index in [-0.39, 0.29) is 11.5 Å². The second-order valence-corrected chi connectivity index (χ2v) is 3.98. The van der Waals surface area contributed by atoms with Crippen LogP contribution in [0.4, 0.5) is 5.82 Å². The van der Waals surface area contributed by atoms with E-state index in [2.05, 4.69) is 18.8 Å². The molecule has 4 heteroatoms.